The number of aryl methyl sites for hydroxylation is 2. The van der Waals surface area contributed by atoms with E-state index in [0.717, 1.165) is 16.6 Å². The Labute approximate surface area is 128 Å². The van der Waals surface area contributed by atoms with E-state index in [4.69, 9.17) is 0 Å². The molecule has 3 aromatic rings. The van der Waals surface area contributed by atoms with E-state index in [1.54, 1.807) is 13.0 Å². The third kappa shape index (κ3) is 2.72. The highest BCUT2D eigenvalue weighted by Gasteiger charge is 2.10. The number of rotatable bonds is 3. The Morgan fingerprint density at radius 1 is 1.14 bits per heavy atom. The summed E-state index contributed by atoms with van der Waals surface area (Å²) in [5.41, 5.74) is 3.42. The van der Waals surface area contributed by atoms with Crippen LogP contribution in [0.25, 0.3) is 10.9 Å². The Hall–Kier alpha value is -2.62. The zero-order valence-corrected chi connectivity index (χ0v) is 12.6. The lowest BCUT2D eigenvalue weighted by Crippen LogP contribution is -2.19. The molecule has 22 heavy (non-hydrogen) atoms. The van der Waals surface area contributed by atoms with Crippen LogP contribution in [0.5, 0.6) is 0 Å². The predicted molar refractivity (Wildman–Crippen MR) is 86.4 cm³/mol. The number of amides is 1. The lowest BCUT2D eigenvalue weighted by atomic mass is 10.2. The second kappa shape index (κ2) is 5.64. The molecule has 1 amide bonds. The van der Waals surface area contributed by atoms with E-state index in [0.29, 0.717) is 11.3 Å². The first kappa shape index (κ1) is 14.3. The highest BCUT2D eigenvalue weighted by molar-refractivity contribution is 5.93. The summed E-state index contributed by atoms with van der Waals surface area (Å²) in [7, 11) is 0. The van der Waals surface area contributed by atoms with Gasteiger partial charge in [-0.05, 0) is 55.1 Å². The lowest BCUT2D eigenvalue weighted by molar-refractivity contribution is -0.116. The topological polar surface area (TPSA) is 34.0 Å². The normalized spacial score (nSPS) is 10.9. The molecule has 0 bridgehead atoms. The minimum Gasteiger partial charge on any atom is -0.335 e. The van der Waals surface area contributed by atoms with Gasteiger partial charge in [0.05, 0.1) is 0 Å². The fourth-order valence-electron chi connectivity index (χ4n) is 2.66. The van der Waals surface area contributed by atoms with Gasteiger partial charge in [0.25, 0.3) is 0 Å². The molecule has 0 fully saturated rings. The number of anilines is 1. The van der Waals surface area contributed by atoms with Gasteiger partial charge >= 0.3 is 0 Å². The second-order valence-electron chi connectivity index (χ2n) is 5.44. The van der Waals surface area contributed by atoms with Crippen molar-refractivity contribution in [3.8, 4) is 0 Å². The maximum absolute atomic E-state index is 13.1. The standard InChI is InChI=1S/C18H17FN2O/c1-12-9-15(19)7-8-16(12)20-18(22)11-21-13(2)10-14-5-3-4-6-17(14)21/h3-10H,11H2,1-2H3,(H,20,22). The molecule has 3 rings (SSSR count). The van der Waals surface area contributed by atoms with Crippen LogP contribution >= 0.6 is 0 Å². The zero-order valence-electron chi connectivity index (χ0n) is 12.6. The Morgan fingerprint density at radius 2 is 1.91 bits per heavy atom. The molecule has 0 aliphatic rings. The van der Waals surface area contributed by atoms with Crippen molar-refractivity contribution in [1.29, 1.82) is 0 Å². The van der Waals surface area contributed by atoms with Crippen LogP contribution in [0.2, 0.25) is 0 Å². The number of carbonyl (C=O) groups excluding carboxylic acids is 1. The minimum atomic E-state index is -0.303. The molecule has 4 heteroatoms. The number of halogens is 1. The highest BCUT2D eigenvalue weighted by atomic mass is 19.1. The molecular weight excluding hydrogens is 279 g/mol. The second-order valence-corrected chi connectivity index (χ2v) is 5.44. The third-order valence-electron chi connectivity index (χ3n) is 3.78. The van der Waals surface area contributed by atoms with Crippen molar-refractivity contribution in [3.63, 3.8) is 0 Å². The van der Waals surface area contributed by atoms with Crippen LogP contribution in [-0.4, -0.2) is 10.5 Å². The summed E-state index contributed by atoms with van der Waals surface area (Å²) in [4.78, 5) is 12.3. The van der Waals surface area contributed by atoms with E-state index in [1.807, 2.05) is 35.8 Å². The van der Waals surface area contributed by atoms with Crippen LogP contribution in [0.3, 0.4) is 0 Å². The number of aromatic nitrogens is 1. The number of hydrogen-bond acceptors (Lipinski definition) is 1. The molecule has 0 saturated heterocycles. The van der Waals surface area contributed by atoms with E-state index < -0.39 is 0 Å². The van der Waals surface area contributed by atoms with Crippen LogP contribution in [-0.2, 0) is 11.3 Å². The van der Waals surface area contributed by atoms with E-state index in [-0.39, 0.29) is 18.3 Å². The predicted octanol–water partition coefficient (Wildman–Crippen LogP) is 4.04. The Morgan fingerprint density at radius 3 is 2.68 bits per heavy atom. The van der Waals surface area contributed by atoms with Crippen molar-refractivity contribution in [2.75, 3.05) is 5.32 Å². The molecule has 0 unspecified atom stereocenters. The molecule has 1 N–H and O–H groups in total. The van der Waals surface area contributed by atoms with Crippen LogP contribution in [0.4, 0.5) is 10.1 Å². The molecule has 0 aliphatic carbocycles. The van der Waals surface area contributed by atoms with E-state index in [1.165, 1.54) is 12.1 Å². The van der Waals surface area contributed by atoms with E-state index >= 15 is 0 Å². The molecule has 1 heterocycles. The lowest BCUT2D eigenvalue weighted by Gasteiger charge is -2.11. The number of nitrogens with one attached hydrogen (secondary N) is 1. The molecule has 0 atom stereocenters. The van der Waals surface area contributed by atoms with Gasteiger partial charge in [0.1, 0.15) is 12.4 Å². The molecular formula is C18H17FN2O. The highest BCUT2D eigenvalue weighted by Crippen LogP contribution is 2.20. The van der Waals surface area contributed by atoms with E-state index in [2.05, 4.69) is 11.4 Å². The fraction of sp³-hybridized carbons (Fsp3) is 0.167. The molecule has 112 valence electrons. The average Bonchev–Trinajstić information content (AvgIpc) is 2.78. The van der Waals surface area contributed by atoms with Gasteiger partial charge in [0.15, 0.2) is 0 Å². The minimum absolute atomic E-state index is 0.126. The molecule has 3 nitrogen and oxygen atoms in total. The third-order valence-corrected chi connectivity index (χ3v) is 3.78. The smallest absolute Gasteiger partial charge is 0.244 e. The molecule has 2 aromatic carbocycles. The monoisotopic (exact) mass is 296 g/mol. The van der Waals surface area contributed by atoms with Gasteiger partial charge in [-0.2, -0.15) is 0 Å². The summed E-state index contributed by atoms with van der Waals surface area (Å²) in [6.45, 7) is 3.99. The number of benzene rings is 2. The number of fused-ring (bicyclic) bond motifs is 1. The van der Waals surface area contributed by atoms with E-state index in [9.17, 15) is 9.18 Å². The van der Waals surface area contributed by atoms with Crippen molar-refractivity contribution in [1.82, 2.24) is 4.57 Å². The van der Waals surface area contributed by atoms with Crippen molar-refractivity contribution in [2.45, 2.75) is 20.4 Å². The van der Waals surface area contributed by atoms with Gasteiger partial charge in [-0.25, -0.2) is 4.39 Å². The summed E-state index contributed by atoms with van der Waals surface area (Å²) in [5, 5.41) is 3.96. The van der Waals surface area contributed by atoms with Gasteiger partial charge in [-0.1, -0.05) is 18.2 Å². The number of nitrogens with zero attached hydrogens (tertiary/aromatic N) is 1. The summed E-state index contributed by atoms with van der Waals surface area (Å²) in [5.74, 6) is -0.429. The van der Waals surface area contributed by atoms with Gasteiger partial charge in [-0.3, -0.25) is 4.79 Å². The van der Waals surface area contributed by atoms with Crippen LogP contribution < -0.4 is 5.32 Å². The summed E-state index contributed by atoms with van der Waals surface area (Å²) in [6.07, 6.45) is 0. The Balaban J connectivity index is 1.83. The zero-order chi connectivity index (χ0) is 15.7. The molecule has 0 saturated carbocycles. The number of para-hydroxylation sites is 1. The molecule has 0 radical (unpaired) electrons. The number of hydrogen-bond donors (Lipinski definition) is 1. The molecule has 0 spiro atoms. The summed E-state index contributed by atoms with van der Waals surface area (Å²) >= 11 is 0. The van der Waals surface area contributed by atoms with Crippen LogP contribution in [0.15, 0.2) is 48.5 Å². The van der Waals surface area contributed by atoms with Gasteiger partial charge < -0.3 is 9.88 Å². The Bertz CT molecular complexity index is 851. The first-order valence-corrected chi connectivity index (χ1v) is 7.15. The maximum Gasteiger partial charge on any atom is 0.244 e. The van der Waals surface area contributed by atoms with Crippen LogP contribution in [0.1, 0.15) is 11.3 Å². The first-order valence-electron chi connectivity index (χ1n) is 7.15. The van der Waals surface area contributed by atoms with Crippen molar-refractivity contribution < 1.29 is 9.18 Å². The van der Waals surface area contributed by atoms with Crippen molar-refractivity contribution in [3.05, 3.63) is 65.6 Å². The molecule has 0 aliphatic heterocycles. The van der Waals surface area contributed by atoms with Gasteiger partial charge in [0, 0.05) is 16.9 Å². The largest absolute Gasteiger partial charge is 0.335 e. The van der Waals surface area contributed by atoms with Gasteiger partial charge in [0.2, 0.25) is 5.91 Å². The van der Waals surface area contributed by atoms with Crippen LogP contribution in [0, 0.1) is 19.7 Å². The fourth-order valence-corrected chi connectivity index (χ4v) is 2.66. The summed E-state index contributed by atoms with van der Waals surface area (Å²) < 4.78 is 15.1. The number of carbonyl (C=O) groups is 1. The first-order chi connectivity index (χ1) is 10.5. The average molecular weight is 296 g/mol. The summed E-state index contributed by atoms with van der Waals surface area (Å²) in [6, 6.07) is 14.4. The Kier molecular flexibility index (Phi) is 3.67. The quantitative estimate of drug-likeness (QED) is 0.777. The maximum atomic E-state index is 13.1. The SMILES string of the molecule is Cc1cc(F)ccc1NC(=O)Cn1c(C)cc2ccccc21. The van der Waals surface area contributed by atoms with Crippen molar-refractivity contribution in [2.24, 2.45) is 0 Å². The van der Waals surface area contributed by atoms with Crippen molar-refractivity contribution >= 4 is 22.5 Å². The molecule has 1 aromatic heterocycles. The van der Waals surface area contributed by atoms with Gasteiger partial charge in [-0.15, -0.1) is 0 Å².